The molecule has 0 radical (unpaired) electrons. The summed E-state index contributed by atoms with van der Waals surface area (Å²) in [4.78, 5) is 4.35. The molecule has 1 aromatic carbocycles. The molecule has 0 amide bonds. The summed E-state index contributed by atoms with van der Waals surface area (Å²) in [5, 5.41) is 0. The van der Waals surface area contributed by atoms with E-state index in [4.69, 9.17) is 10.5 Å². The normalized spacial score (nSPS) is 12.2. The van der Waals surface area contributed by atoms with Crippen molar-refractivity contribution < 1.29 is 4.74 Å². The largest absolute Gasteiger partial charge is 0.439 e. The monoisotopic (exact) mass is 348 g/mol. The van der Waals surface area contributed by atoms with Crippen LogP contribution in [0.5, 0.6) is 11.6 Å². The molecular weight excluding hydrogens is 328 g/mol. The number of nitrogens with two attached hydrogens (primary N) is 1. The van der Waals surface area contributed by atoms with Crippen molar-refractivity contribution in [3.05, 3.63) is 51.6 Å². The number of rotatable bonds is 5. The first-order valence-corrected chi connectivity index (χ1v) is 7.94. The second-order valence-electron chi connectivity index (χ2n) is 5.31. The molecule has 0 saturated heterocycles. The van der Waals surface area contributed by atoms with Crippen molar-refractivity contribution in [3.8, 4) is 11.6 Å². The third kappa shape index (κ3) is 4.05. The molecule has 2 rings (SSSR count). The number of nitrogens with zero attached hydrogens (tertiary/aromatic N) is 1. The highest BCUT2D eigenvalue weighted by Gasteiger charge is 2.11. The minimum Gasteiger partial charge on any atom is -0.439 e. The molecule has 3 nitrogen and oxygen atoms in total. The van der Waals surface area contributed by atoms with Crippen LogP contribution in [-0.2, 0) is 6.42 Å². The molecule has 0 aliphatic carbocycles. The summed E-state index contributed by atoms with van der Waals surface area (Å²) in [6, 6.07) is 8.09. The lowest BCUT2D eigenvalue weighted by Crippen LogP contribution is -2.21. The average Bonchev–Trinajstić information content (AvgIpc) is 2.46. The summed E-state index contributed by atoms with van der Waals surface area (Å²) in [6.07, 6.45) is 3.45. The molecule has 0 spiro atoms. The van der Waals surface area contributed by atoms with Crippen molar-refractivity contribution in [1.82, 2.24) is 4.98 Å². The van der Waals surface area contributed by atoms with E-state index in [1.54, 1.807) is 6.20 Å². The molecule has 0 saturated carbocycles. The molecule has 1 unspecified atom stereocenters. The number of pyridine rings is 1. The first-order chi connectivity index (χ1) is 10.0. The maximum atomic E-state index is 6.05. The van der Waals surface area contributed by atoms with Gasteiger partial charge < -0.3 is 10.5 Å². The molecule has 0 fully saturated rings. The Morgan fingerprint density at radius 1 is 1.29 bits per heavy atom. The summed E-state index contributed by atoms with van der Waals surface area (Å²) in [6.45, 7) is 6.19. The maximum absolute atomic E-state index is 6.05. The average molecular weight is 349 g/mol. The minimum absolute atomic E-state index is 0.130. The third-order valence-corrected chi connectivity index (χ3v) is 4.73. The number of aromatic nitrogens is 1. The fourth-order valence-corrected chi connectivity index (χ4v) is 2.40. The summed E-state index contributed by atoms with van der Waals surface area (Å²) < 4.78 is 7.10. The molecule has 2 aromatic rings. The zero-order chi connectivity index (χ0) is 15.4. The lowest BCUT2D eigenvalue weighted by molar-refractivity contribution is 0.451. The fourth-order valence-electron chi connectivity index (χ4n) is 2.17. The summed E-state index contributed by atoms with van der Waals surface area (Å²) in [5.74, 6) is 1.45. The fraction of sp³-hybridized carbons (Fsp3) is 0.353. The van der Waals surface area contributed by atoms with Gasteiger partial charge in [0, 0.05) is 22.3 Å². The van der Waals surface area contributed by atoms with Crippen molar-refractivity contribution in [2.24, 2.45) is 5.73 Å². The Morgan fingerprint density at radius 3 is 2.57 bits per heavy atom. The van der Waals surface area contributed by atoms with Crippen molar-refractivity contribution >= 4 is 15.9 Å². The highest BCUT2D eigenvalue weighted by Crippen LogP contribution is 2.30. The van der Waals surface area contributed by atoms with E-state index in [0.717, 1.165) is 39.8 Å². The van der Waals surface area contributed by atoms with E-state index in [2.05, 4.69) is 41.7 Å². The van der Waals surface area contributed by atoms with Crippen LogP contribution in [0.1, 0.15) is 30.0 Å². The van der Waals surface area contributed by atoms with Crippen molar-refractivity contribution in [2.75, 3.05) is 0 Å². The second-order valence-corrected chi connectivity index (χ2v) is 6.11. The number of halogens is 1. The number of benzene rings is 1. The molecule has 1 heterocycles. The van der Waals surface area contributed by atoms with Crippen LogP contribution in [0.2, 0.25) is 0 Å². The highest BCUT2D eigenvalue weighted by atomic mass is 79.9. The number of hydrogen-bond donors (Lipinski definition) is 1. The van der Waals surface area contributed by atoms with E-state index < -0.39 is 0 Å². The summed E-state index contributed by atoms with van der Waals surface area (Å²) >= 11 is 3.57. The van der Waals surface area contributed by atoms with Gasteiger partial charge >= 0.3 is 0 Å². The van der Waals surface area contributed by atoms with Crippen LogP contribution < -0.4 is 10.5 Å². The van der Waals surface area contributed by atoms with E-state index >= 15 is 0 Å². The van der Waals surface area contributed by atoms with Gasteiger partial charge in [-0.1, -0.05) is 28.9 Å². The molecule has 21 heavy (non-hydrogen) atoms. The topological polar surface area (TPSA) is 48.1 Å². The van der Waals surface area contributed by atoms with Crippen molar-refractivity contribution in [1.29, 1.82) is 0 Å². The van der Waals surface area contributed by atoms with Gasteiger partial charge in [0.1, 0.15) is 5.75 Å². The molecule has 0 bridgehead atoms. The van der Waals surface area contributed by atoms with Crippen LogP contribution in [0, 0.1) is 13.8 Å². The predicted molar refractivity (Wildman–Crippen MR) is 89.9 cm³/mol. The lowest BCUT2D eigenvalue weighted by Gasteiger charge is -2.14. The zero-order valence-electron chi connectivity index (χ0n) is 12.7. The van der Waals surface area contributed by atoms with Crippen LogP contribution in [0.4, 0.5) is 0 Å². The predicted octanol–water partition coefficient (Wildman–Crippen LogP) is 4.53. The van der Waals surface area contributed by atoms with Crippen LogP contribution in [-0.4, -0.2) is 11.0 Å². The van der Waals surface area contributed by atoms with Crippen LogP contribution >= 0.6 is 15.9 Å². The quantitative estimate of drug-likeness (QED) is 0.863. The van der Waals surface area contributed by atoms with Gasteiger partial charge in [0.2, 0.25) is 5.88 Å². The Hall–Kier alpha value is -1.39. The van der Waals surface area contributed by atoms with Gasteiger partial charge in [-0.2, -0.15) is 0 Å². The smallest absolute Gasteiger partial charge is 0.222 e. The second kappa shape index (κ2) is 7.05. The van der Waals surface area contributed by atoms with Crippen LogP contribution in [0.15, 0.2) is 34.9 Å². The Kier molecular flexibility index (Phi) is 5.37. The van der Waals surface area contributed by atoms with Crippen molar-refractivity contribution in [2.45, 2.75) is 39.7 Å². The van der Waals surface area contributed by atoms with Crippen LogP contribution in [0.3, 0.4) is 0 Å². The summed E-state index contributed by atoms with van der Waals surface area (Å²) in [5.41, 5.74) is 9.38. The van der Waals surface area contributed by atoms with Gasteiger partial charge in [0.05, 0.1) is 0 Å². The Labute approximate surface area is 134 Å². The number of hydrogen-bond acceptors (Lipinski definition) is 3. The Morgan fingerprint density at radius 2 is 1.95 bits per heavy atom. The van der Waals surface area contributed by atoms with E-state index in [0.29, 0.717) is 5.88 Å². The molecule has 4 heteroatoms. The minimum atomic E-state index is 0.130. The molecule has 1 aromatic heterocycles. The van der Waals surface area contributed by atoms with Crippen molar-refractivity contribution in [3.63, 3.8) is 0 Å². The van der Waals surface area contributed by atoms with Gasteiger partial charge in [0.15, 0.2) is 0 Å². The number of ether oxygens (including phenoxy) is 1. The van der Waals surface area contributed by atoms with E-state index in [1.165, 1.54) is 0 Å². The molecule has 2 N–H and O–H groups in total. The van der Waals surface area contributed by atoms with Gasteiger partial charge in [0.25, 0.3) is 0 Å². The third-order valence-electron chi connectivity index (χ3n) is 3.48. The Balaban J connectivity index is 2.27. The molecule has 112 valence electrons. The maximum Gasteiger partial charge on any atom is 0.222 e. The molecule has 0 aliphatic rings. The lowest BCUT2D eigenvalue weighted by atomic mass is 10.1. The first kappa shape index (κ1) is 16.0. The standard InChI is InChI=1S/C17H21BrN2O/c1-4-14(19)10-13-6-5-7-20-17(13)21-15-8-11(2)16(18)12(3)9-15/h5-9,14H,4,10,19H2,1-3H3. The van der Waals surface area contributed by atoms with E-state index in [9.17, 15) is 0 Å². The van der Waals surface area contributed by atoms with Gasteiger partial charge in [-0.3, -0.25) is 0 Å². The Bertz CT molecular complexity index is 605. The SMILES string of the molecule is CCC(N)Cc1cccnc1Oc1cc(C)c(Br)c(C)c1. The molecule has 1 atom stereocenters. The summed E-state index contributed by atoms with van der Waals surface area (Å²) in [7, 11) is 0. The molecule has 0 aliphatic heterocycles. The highest BCUT2D eigenvalue weighted by molar-refractivity contribution is 9.10. The number of aryl methyl sites for hydroxylation is 2. The van der Waals surface area contributed by atoms with Gasteiger partial charge in [-0.05, 0) is 56.0 Å². The van der Waals surface area contributed by atoms with Crippen LogP contribution in [0.25, 0.3) is 0 Å². The first-order valence-electron chi connectivity index (χ1n) is 7.15. The van der Waals surface area contributed by atoms with E-state index in [1.807, 2.05) is 24.3 Å². The van der Waals surface area contributed by atoms with Gasteiger partial charge in [-0.15, -0.1) is 0 Å². The zero-order valence-corrected chi connectivity index (χ0v) is 14.3. The molecular formula is C17H21BrN2O. The van der Waals surface area contributed by atoms with Gasteiger partial charge in [-0.25, -0.2) is 4.98 Å². The van der Waals surface area contributed by atoms with E-state index in [-0.39, 0.29) is 6.04 Å².